The highest BCUT2D eigenvalue weighted by Crippen LogP contribution is 2.35. The van der Waals surface area contributed by atoms with E-state index in [1.807, 2.05) is 54.6 Å². The van der Waals surface area contributed by atoms with E-state index in [1.54, 1.807) is 36.4 Å². The molecule has 0 atom stereocenters. The van der Waals surface area contributed by atoms with E-state index in [9.17, 15) is 10.2 Å². The van der Waals surface area contributed by atoms with Gasteiger partial charge >= 0.3 is 0 Å². The highest BCUT2D eigenvalue weighted by molar-refractivity contribution is 5.72. The summed E-state index contributed by atoms with van der Waals surface area (Å²) in [5.41, 5.74) is 3.81. The number of aromatic hydroxyl groups is 4. The summed E-state index contributed by atoms with van der Waals surface area (Å²) in [6, 6.07) is 28.7. The molecule has 0 radical (unpaired) electrons. The molecular weight excluding hydrogens is 364 g/mol. The number of phenolic OH excluding ortho intramolecular Hbond substituents is 4. The number of para-hydroxylation sites is 1. The zero-order valence-corrected chi connectivity index (χ0v) is 15.7. The number of rotatable bonds is 3. The monoisotopic (exact) mass is 386 g/mol. The van der Waals surface area contributed by atoms with E-state index in [4.69, 9.17) is 10.2 Å². The van der Waals surface area contributed by atoms with Gasteiger partial charge in [0.2, 0.25) is 0 Å². The Morgan fingerprint density at radius 3 is 1.52 bits per heavy atom. The van der Waals surface area contributed by atoms with Gasteiger partial charge < -0.3 is 20.4 Å². The number of phenols is 4. The van der Waals surface area contributed by atoms with Gasteiger partial charge in [-0.25, -0.2) is 0 Å². The first-order chi connectivity index (χ1) is 14.0. The Kier molecular flexibility index (Phi) is 6.38. The van der Waals surface area contributed by atoms with Crippen LogP contribution in [0.1, 0.15) is 11.1 Å². The molecule has 4 heteroatoms. The lowest BCUT2D eigenvalue weighted by Gasteiger charge is -2.05. The molecule has 0 aliphatic carbocycles. The van der Waals surface area contributed by atoms with Crippen molar-refractivity contribution in [1.82, 2.24) is 0 Å². The summed E-state index contributed by atoms with van der Waals surface area (Å²) < 4.78 is 0. The Morgan fingerprint density at radius 1 is 0.483 bits per heavy atom. The zero-order chi connectivity index (χ0) is 20.6. The third-order valence-corrected chi connectivity index (χ3v) is 4.38. The van der Waals surface area contributed by atoms with Crippen molar-refractivity contribution in [3.63, 3.8) is 0 Å². The molecule has 0 unspecified atom stereocenters. The van der Waals surface area contributed by atoms with Crippen molar-refractivity contribution < 1.29 is 20.4 Å². The first kappa shape index (κ1) is 19.8. The first-order valence-electron chi connectivity index (χ1n) is 9.15. The van der Waals surface area contributed by atoms with Gasteiger partial charge in [0.05, 0.1) is 0 Å². The second-order valence-electron chi connectivity index (χ2n) is 6.55. The van der Waals surface area contributed by atoms with Crippen molar-refractivity contribution in [2.24, 2.45) is 0 Å². The molecule has 0 bridgehead atoms. The zero-order valence-electron chi connectivity index (χ0n) is 15.7. The van der Waals surface area contributed by atoms with E-state index >= 15 is 0 Å². The summed E-state index contributed by atoms with van der Waals surface area (Å²) in [4.78, 5) is 0. The molecule has 4 rings (SSSR count). The van der Waals surface area contributed by atoms with E-state index < -0.39 is 0 Å². The van der Waals surface area contributed by atoms with Gasteiger partial charge in [0.25, 0.3) is 0 Å². The summed E-state index contributed by atoms with van der Waals surface area (Å²) in [5, 5.41) is 37.2. The van der Waals surface area contributed by atoms with Gasteiger partial charge in [-0.15, -0.1) is 0 Å². The van der Waals surface area contributed by atoms with Gasteiger partial charge in [0.1, 0.15) is 11.5 Å². The lowest BCUT2D eigenvalue weighted by molar-refractivity contribution is 0.405. The average molecular weight is 386 g/mol. The fraction of sp³-hybridized carbons (Fsp3) is 0.0400. The molecule has 0 spiro atoms. The van der Waals surface area contributed by atoms with Crippen molar-refractivity contribution >= 4 is 0 Å². The average Bonchev–Trinajstić information content (AvgIpc) is 2.74. The molecule has 4 nitrogen and oxygen atoms in total. The molecule has 0 amide bonds. The Labute approximate surface area is 169 Å². The maximum atomic E-state index is 9.60. The van der Waals surface area contributed by atoms with Crippen molar-refractivity contribution in [3.8, 4) is 34.1 Å². The Hall–Kier alpha value is -3.92. The molecule has 0 aliphatic rings. The van der Waals surface area contributed by atoms with Crippen LogP contribution in [-0.4, -0.2) is 20.4 Å². The quantitative estimate of drug-likeness (QED) is 0.353. The largest absolute Gasteiger partial charge is 0.508 e. The van der Waals surface area contributed by atoms with E-state index in [-0.39, 0.29) is 23.0 Å². The van der Waals surface area contributed by atoms with E-state index in [1.165, 1.54) is 6.07 Å². The van der Waals surface area contributed by atoms with Crippen LogP contribution in [0.2, 0.25) is 0 Å². The summed E-state index contributed by atoms with van der Waals surface area (Å²) in [5.74, 6) is 0.402. The molecule has 0 aliphatic heterocycles. The van der Waals surface area contributed by atoms with Crippen LogP contribution >= 0.6 is 0 Å². The maximum Gasteiger partial charge on any atom is 0.165 e. The van der Waals surface area contributed by atoms with Crippen LogP contribution in [-0.2, 0) is 6.42 Å². The molecule has 0 saturated carbocycles. The Balaban J connectivity index is 0.000000166. The number of benzene rings is 4. The molecule has 0 saturated heterocycles. The highest BCUT2D eigenvalue weighted by Gasteiger charge is 2.06. The minimum Gasteiger partial charge on any atom is -0.508 e. The second kappa shape index (κ2) is 9.33. The standard InChI is InChI=1S/C13H12O2.C12H10O2/c14-12-5-1-10(2-6-12)9-11-3-7-13(15)8-4-11;13-11-8-4-7-10(12(11)14)9-5-2-1-3-6-9/h1-8,14-15H,9H2;1-8,13-14H. The molecule has 0 heterocycles. The van der Waals surface area contributed by atoms with Crippen LogP contribution in [0.4, 0.5) is 0 Å². The smallest absolute Gasteiger partial charge is 0.165 e. The van der Waals surface area contributed by atoms with Gasteiger partial charge in [-0.1, -0.05) is 66.7 Å². The first-order valence-corrected chi connectivity index (χ1v) is 9.15. The van der Waals surface area contributed by atoms with E-state index in [0.29, 0.717) is 5.56 Å². The van der Waals surface area contributed by atoms with Gasteiger partial charge in [-0.05, 0) is 53.4 Å². The molecule has 0 fully saturated rings. The van der Waals surface area contributed by atoms with Gasteiger partial charge in [0.15, 0.2) is 11.5 Å². The van der Waals surface area contributed by atoms with Gasteiger partial charge in [0, 0.05) is 5.56 Å². The van der Waals surface area contributed by atoms with Crippen molar-refractivity contribution in [1.29, 1.82) is 0 Å². The predicted molar refractivity (Wildman–Crippen MR) is 114 cm³/mol. The highest BCUT2D eigenvalue weighted by atomic mass is 16.3. The van der Waals surface area contributed by atoms with Crippen LogP contribution in [0.5, 0.6) is 23.0 Å². The fourth-order valence-electron chi connectivity index (χ4n) is 2.85. The minimum atomic E-state index is -0.0913. The van der Waals surface area contributed by atoms with Crippen molar-refractivity contribution in [2.75, 3.05) is 0 Å². The topological polar surface area (TPSA) is 80.9 Å². The SMILES string of the molecule is Oc1ccc(Cc2ccc(O)cc2)cc1.Oc1cccc(-c2ccccc2)c1O. The van der Waals surface area contributed by atoms with Crippen LogP contribution < -0.4 is 0 Å². The van der Waals surface area contributed by atoms with Gasteiger partial charge in [-0.3, -0.25) is 0 Å². The Bertz CT molecular complexity index is 997. The predicted octanol–water partition coefficient (Wildman–Crippen LogP) is 5.45. The molecule has 29 heavy (non-hydrogen) atoms. The minimum absolute atomic E-state index is 0.0706. The summed E-state index contributed by atoms with van der Waals surface area (Å²) in [6.45, 7) is 0. The molecular formula is C25H22O4. The summed E-state index contributed by atoms with van der Waals surface area (Å²) in [6.07, 6.45) is 0.806. The number of hydrogen-bond donors (Lipinski definition) is 4. The molecule has 4 aromatic carbocycles. The lowest BCUT2D eigenvalue weighted by atomic mass is 10.0. The summed E-state index contributed by atoms with van der Waals surface area (Å²) in [7, 11) is 0. The van der Waals surface area contributed by atoms with Crippen LogP contribution in [0.3, 0.4) is 0 Å². The van der Waals surface area contributed by atoms with Crippen LogP contribution in [0.15, 0.2) is 97.1 Å². The number of hydrogen-bond acceptors (Lipinski definition) is 4. The lowest BCUT2D eigenvalue weighted by Crippen LogP contribution is -1.86. The van der Waals surface area contributed by atoms with Crippen molar-refractivity contribution in [3.05, 3.63) is 108 Å². The van der Waals surface area contributed by atoms with E-state index in [0.717, 1.165) is 23.1 Å². The van der Waals surface area contributed by atoms with Crippen molar-refractivity contribution in [2.45, 2.75) is 6.42 Å². The normalized spacial score (nSPS) is 10.1. The second-order valence-corrected chi connectivity index (χ2v) is 6.55. The molecule has 4 N–H and O–H groups in total. The molecule has 146 valence electrons. The maximum absolute atomic E-state index is 9.60. The van der Waals surface area contributed by atoms with Crippen LogP contribution in [0, 0.1) is 0 Å². The van der Waals surface area contributed by atoms with Crippen LogP contribution in [0.25, 0.3) is 11.1 Å². The molecule has 0 aromatic heterocycles. The summed E-state index contributed by atoms with van der Waals surface area (Å²) >= 11 is 0. The van der Waals surface area contributed by atoms with E-state index in [2.05, 4.69) is 0 Å². The van der Waals surface area contributed by atoms with Gasteiger partial charge in [-0.2, -0.15) is 0 Å². The third kappa shape index (κ3) is 5.53. The fourth-order valence-corrected chi connectivity index (χ4v) is 2.85. The molecule has 4 aromatic rings. The third-order valence-electron chi connectivity index (χ3n) is 4.38. The Morgan fingerprint density at radius 2 is 1.00 bits per heavy atom.